The van der Waals surface area contributed by atoms with Crippen LogP contribution in [-0.2, 0) is 0 Å². The number of unbranched alkanes of at least 4 members (excludes halogenated alkanes) is 1. The van der Waals surface area contributed by atoms with Crippen LogP contribution in [0.3, 0.4) is 0 Å². The van der Waals surface area contributed by atoms with Gasteiger partial charge in [-0.05, 0) is 73.1 Å². The van der Waals surface area contributed by atoms with Crippen molar-refractivity contribution in [2.24, 2.45) is 5.73 Å². The highest BCUT2D eigenvalue weighted by Crippen LogP contribution is 1.94. The fraction of sp³-hybridized carbons (Fsp3) is 1.00. The van der Waals surface area contributed by atoms with E-state index in [4.69, 9.17) is 5.73 Å². The Morgan fingerprint density at radius 1 is 0.773 bits per heavy atom. The molecule has 1 heterocycles. The summed E-state index contributed by atoms with van der Waals surface area (Å²) in [6.07, 6.45) is 4.91. The van der Waals surface area contributed by atoms with Crippen LogP contribution in [0.15, 0.2) is 0 Å². The van der Waals surface area contributed by atoms with E-state index in [9.17, 15) is 0 Å². The van der Waals surface area contributed by atoms with Crippen molar-refractivity contribution in [2.75, 3.05) is 80.0 Å². The Balaban J connectivity index is 0.000000763. The van der Waals surface area contributed by atoms with Crippen LogP contribution in [0, 0.1) is 0 Å². The summed E-state index contributed by atoms with van der Waals surface area (Å²) >= 11 is 0. The first-order chi connectivity index (χ1) is 10.6. The monoisotopic (exact) mass is 315 g/mol. The van der Waals surface area contributed by atoms with Gasteiger partial charge in [0.25, 0.3) is 0 Å². The third-order valence-corrected chi connectivity index (χ3v) is 4.06. The molecule has 0 unspecified atom stereocenters. The molecule has 0 radical (unpaired) electrons. The molecule has 0 bridgehead atoms. The second-order valence-electron chi connectivity index (χ2n) is 6.51. The lowest BCUT2D eigenvalue weighted by Crippen LogP contribution is -2.36. The smallest absolute Gasteiger partial charge is 0.0106 e. The summed E-state index contributed by atoms with van der Waals surface area (Å²) in [5.41, 5.74) is 5.14. The van der Waals surface area contributed by atoms with E-state index in [0.717, 1.165) is 19.6 Å². The van der Waals surface area contributed by atoms with E-state index in [1.54, 1.807) is 0 Å². The number of hydrogen-bond donors (Lipinski definition) is 2. The van der Waals surface area contributed by atoms with E-state index >= 15 is 0 Å². The maximum atomic E-state index is 5.14. The third-order valence-electron chi connectivity index (χ3n) is 4.06. The highest BCUT2D eigenvalue weighted by atomic mass is 15.2. The molecular formula is C17H41N5. The Morgan fingerprint density at radius 2 is 1.32 bits per heavy atom. The molecule has 0 aromatic rings. The summed E-state index contributed by atoms with van der Waals surface area (Å²) in [5, 5.41) is 3.52. The number of likely N-dealkylation sites (N-methyl/N-ethyl adjacent to an activating group) is 3. The average Bonchev–Trinajstić information content (AvgIpc) is 2.49. The van der Waals surface area contributed by atoms with E-state index in [1.165, 1.54) is 65.0 Å². The second-order valence-corrected chi connectivity index (χ2v) is 6.51. The molecular weight excluding hydrogens is 274 g/mol. The number of nitrogens with zero attached hydrogens (tertiary/aromatic N) is 3. The van der Waals surface area contributed by atoms with Gasteiger partial charge in [-0.25, -0.2) is 0 Å². The van der Waals surface area contributed by atoms with Crippen molar-refractivity contribution in [3.05, 3.63) is 0 Å². The van der Waals surface area contributed by atoms with E-state index in [1.807, 2.05) is 0 Å². The van der Waals surface area contributed by atoms with Gasteiger partial charge in [0, 0.05) is 26.2 Å². The molecule has 3 N–H and O–H groups in total. The maximum Gasteiger partial charge on any atom is 0.0106 e. The van der Waals surface area contributed by atoms with Gasteiger partial charge in [-0.2, -0.15) is 0 Å². The predicted molar refractivity (Wildman–Crippen MR) is 98.6 cm³/mol. The molecule has 0 aliphatic carbocycles. The van der Waals surface area contributed by atoms with E-state index in [0.29, 0.717) is 0 Å². The molecule has 0 amide bonds. The molecule has 0 spiro atoms. The number of rotatable bonds is 2. The van der Waals surface area contributed by atoms with Gasteiger partial charge in [-0.3, -0.25) is 0 Å². The first kappa shape index (κ1) is 21.8. The van der Waals surface area contributed by atoms with Crippen molar-refractivity contribution >= 4 is 0 Å². The van der Waals surface area contributed by atoms with Gasteiger partial charge < -0.3 is 25.8 Å². The van der Waals surface area contributed by atoms with Crippen LogP contribution in [-0.4, -0.2) is 94.7 Å². The first-order valence-electron chi connectivity index (χ1n) is 9.06. The minimum Gasteiger partial charge on any atom is -0.330 e. The van der Waals surface area contributed by atoms with Gasteiger partial charge in [0.05, 0.1) is 0 Å². The van der Waals surface area contributed by atoms with Crippen LogP contribution >= 0.6 is 0 Å². The highest BCUT2D eigenvalue weighted by molar-refractivity contribution is 4.62. The van der Waals surface area contributed by atoms with Crippen molar-refractivity contribution in [2.45, 2.75) is 32.6 Å². The lowest BCUT2D eigenvalue weighted by molar-refractivity contribution is 0.234. The molecule has 1 rings (SSSR count). The fourth-order valence-electron chi connectivity index (χ4n) is 2.36. The quantitative estimate of drug-likeness (QED) is 0.793. The zero-order valence-electron chi connectivity index (χ0n) is 15.6. The third kappa shape index (κ3) is 14.7. The minimum absolute atomic E-state index is 0.844. The number of nitrogens with two attached hydrogens (primary N) is 1. The minimum atomic E-state index is 0.844. The average molecular weight is 316 g/mol. The van der Waals surface area contributed by atoms with Crippen molar-refractivity contribution in [1.29, 1.82) is 0 Å². The number of hydrogen-bond acceptors (Lipinski definition) is 5. The zero-order valence-corrected chi connectivity index (χ0v) is 15.6. The summed E-state index contributed by atoms with van der Waals surface area (Å²) < 4.78 is 0. The van der Waals surface area contributed by atoms with Crippen LogP contribution in [0.2, 0.25) is 0 Å². The van der Waals surface area contributed by atoms with Gasteiger partial charge in [-0.15, -0.1) is 0 Å². The summed E-state index contributed by atoms with van der Waals surface area (Å²) in [4.78, 5) is 7.32. The van der Waals surface area contributed by atoms with Crippen molar-refractivity contribution in [1.82, 2.24) is 20.0 Å². The van der Waals surface area contributed by atoms with Crippen LogP contribution in [0.25, 0.3) is 0 Å². The molecule has 1 aliphatic rings. The normalized spacial score (nSPS) is 21.7. The molecule has 0 atom stereocenters. The summed E-state index contributed by atoms with van der Waals surface area (Å²) in [7, 11) is 6.69. The van der Waals surface area contributed by atoms with Crippen LogP contribution in [0.1, 0.15) is 32.6 Å². The summed E-state index contributed by atoms with van der Waals surface area (Å²) in [6.45, 7) is 12.4. The van der Waals surface area contributed by atoms with Crippen LogP contribution < -0.4 is 11.1 Å². The van der Waals surface area contributed by atoms with Gasteiger partial charge in [0.15, 0.2) is 0 Å². The SMILES string of the molecule is CCCCN.CN1CCCN(C)CCN(C)CCCNCC1. The summed E-state index contributed by atoms with van der Waals surface area (Å²) in [5.74, 6) is 0. The molecule has 134 valence electrons. The number of nitrogens with one attached hydrogen (secondary N) is 1. The van der Waals surface area contributed by atoms with Crippen LogP contribution in [0.5, 0.6) is 0 Å². The Hall–Kier alpha value is -0.200. The molecule has 0 saturated carbocycles. The maximum absolute atomic E-state index is 5.14. The molecule has 0 aromatic carbocycles. The lowest BCUT2D eigenvalue weighted by atomic mass is 10.3. The molecule has 0 aromatic heterocycles. The predicted octanol–water partition coefficient (Wildman–Crippen LogP) is 0.910. The molecule has 1 fully saturated rings. The zero-order chi connectivity index (χ0) is 16.6. The Kier molecular flexibility index (Phi) is 15.5. The Morgan fingerprint density at radius 3 is 1.82 bits per heavy atom. The van der Waals surface area contributed by atoms with Gasteiger partial charge >= 0.3 is 0 Å². The van der Waals surface area contributed by atoms with Crippen molar-refractivity contribution in [3.8, 4) is 0 Å². The Bertz CT molecular complexity index is 223. The topological polar surface area (TPSA) is 47.8 Å². The molecule has 1 saturated heterocycles. The first-order valence-corrected chi connectivity index (χ1v) is 9.06. The van der Waals surface area contributed by atoms with Gasteiger partial charge in [0.1, 0.15) is 0 Å². The highest BCUT2D eigenvalue weighted by Gasteiger charge is 2.04. The van der Waals surface area contributed by atoms with Crippen LogP contribution in [0.4, 0.5) is 0 Å². The van der Waals surface area contributed by atoms with Crippen molar-refractivity contribution < 1.29 is 0 Å². The van der Waals surface area contributed by atoms with Crippen molar-refractivity contribution in [3.63, 3.8) is 0 Å². The standard InChI is InChI=1S/C13H30N4.C4H11N/c1-15-9-5-10-17(3)13-12-16(2)8-4-6-14-7-11-15;1-2-3-4-5/h14H,4-13H2,1-3H3;2-5H2,1H3. The lowest BCUT2D eigenvalue weighted by Gasteiger charge is -2.24. The molecule has 1 aliphatic heterocycles. The summed E-state index contributed by atoms with van der Waals surface area (Å²) in [6, 6.07) is 0. The Labute approximate surface area is 139 Å². The molecule has 5 heteroatoms. The second kappa shape index (κ2) is 15.7. The molecule has 22 heavy (non-hydrogen) atoms. The largest absolute Gasteiger partial charge is 0.330 e. The van der Waals surface area contributed by atoms with E-state index in [-0.39, 0.29) is 0 Å². The fourth-order valence-corrected chi connectivity index (χ4v) is 2.36. The van der Waals surface area contributed by atoms with E-state index in [2.05, 4.69) is 48.1 Å². The van der Waals surface area contributed by atoms with Gasteiger partial charge in [0.2, 0.25) is 0 Å². The van der Waals surface area contributed by atoms with E-state index < -0.39 is 0 Å². The molecule has 5 nitrogen and oxygen atoms in total. The van der Waals surface area contributed by atoms with Gasteiger partial charge in [-0.1, -0.05) is 13.3 Å².